The van der Waals surface area contributed by atoms with Gasteiger partial charge in [-0.2, -0.15) is 0 Å². The third kappa shape index (κ3) is 4.64. The summed E-state index contributed by atoms with van der Waals surface area (Å²) in [6.45, 7) is 10.8. The zero-order chi connectivity index (χ0) is 20.5. The Morgan fingerprint density at radius 1 is 1.18 bits per heavy atom. The van der Waals surface area contributed by atoms with Gasteiger partial charge in [0.2, 0.25) is 5.91 Å². The first kappa shape index (κ1) is 20.6. The molecule has 1 aromatic heterocycles. The van der Waals surface area contributed by atoms with Gasteiger partial charge in [0.1, 0.15) is 0 Å². The summed E-state index contributed by atoms with van der Waals surface area (Å²) in [7, 11) is 0. The van der Waals surface area contributed by atoms with Gasteiger partial charge in [0.25, 0.3) is 5.91 Å². The minimum absolute atomic E-state index is 0.0280. The van der Waals surface area contributed by atoms with Crippen LogP contribution in [0.4, 0.5) is 5.69 Å². The second-order valence-electron chi connectivity index (χ2n) is 8.86. The van der Waals surface area contributed by atoms with Gasteiger partial charge in [-0.3, -0.25) is 9.59 Å². The quantitative estimate of drug-likeness (QED) is 0.771. The Morgan fingerprint density at radius 3 is 2.50 bits per heavy atom. The van der Waals surface area contributed by atoms with Crippen molar-refractivity contribution in [1.82, 2.24) is 5.32 Å². The molecule has 2 N–H and O–H groups in total. The summed E-state index contributed by atoms with van der Waals surface area (Å²) in [6, 6.07) is 7.91. The SMILES string of the molecule is Cc1cccc(C)c1NC(=O)CNC(=O)c1cc2c(s1)CCC(C(C)(C)C)C2. The van der Waals surface area contributed by atoms with Gasteiger partial charge in [0.05, 0.1) is 11.4 Å². The first-order valence-corrected chi connectivity index (χ1v) is 10.7. The Kier molecular flexibility index (Phi) is 5.94. The highest BCUT2D eigenvalue weighted by Crippen LogP contribution is 2.40. The number of benzene rings is 1. The van der Waals surface area contributed by atoms with E-state index in [0.29, 0.717) is 10.8 Å². The van der Waals surface area contributed by atoms with E-state index in [1.54, 1.807) is 11.3 Å². The van der Waals surface area contributed by atoms with E-state index >= 15 is 0 Å². The van der Waals surface area contributed by atoms with Crippen LogP contribution in [-0.4, -0.2) is 18.4 Å². The van der Waals surface area contributed by atoms with Crippen LogP contribution >= 0.6 is 11.3 Å². The summed E-state index contributed by atoms with van der Waals surface area (Å²) in [5.74, 6) is 0.275. The molecule has 0 fully saturated rings. The van der Waals surface area contributed by atoms with Crippen LogP contribution in [0.2, 0.25) is 0 Å². The number of carbonyl (C=O) groups is 2. The molecule has 0 saturated carbocycles. The van der Waals surface area contributed by atoms with Gasteiger partial charge in [-0.1, -0.05) is 39.0 Å². The molecule has 2 aromatic rings. The van der Waals surface area contributed by atoms with E-state index in [-0.39, 0.29) is 23.8 Å². The highest BCUT2D eigenvalue weighted by molar-refractivity contribution is 7.14. The van der Waals surface area contributed by atoms with Crippen molar-refractivity contribution in [2.75, 3.05) is 11.9 Å². The number of aryl methyl sites for hydroxylation is 3. The molecular formula is C23H30N2O2S. The molecule has 28 heavy (non-hydrogen) atoms. The second kappa shape index (κ2) is 8.08. The molecule has 150 valence electrons. The van der Waals surface area contributed by atoms with Crippen LogP contribution in [0.5, 0.6) is 0 Å². The monoisotopic (exact) mass is 398 g/mol. The molecule has 1 heterocycles. The molecule has 2 amide bonds. The Balaban J connectivity index is 1.59. The van der Waals surface area contributed by atoms with Gasteiger partial charge in [-0.15, -0.1) is 11.3 Å². The molecule has 3 rings (SSSR count). The highest BCUT2D eigenvalue weighted by Gasteiger charge is 2.30. The topological polar surface area (TPSA) is 58.2 Å². The third-order valence-electron chi connectivity index (χ3n) is 5.69. The van der Waals surface area contributed by atoms with Crippen molar-refractivity contribution >= 4 is 28.8 Å². The summed E-state index contributed by atoms with van der Waals surface area (Å²) in [5, 5.41) is 5.67. The maximum absolute atomic E-state index is 12.6. The molecule has 1 unspecified atom stereocenters. The molecule has 0 bridgehead atoms. The lowest BCUT2D eigenvalue weighted by molar-refractivity contribution is -0.115. The molecule has 1 aromatic carbocycles. The van der Waals surface area contributed by atoms with Gasteiger partial charge in [0.15, 0.2) is 0 Å². The summed E-state index contributed by atoms with van der Waals surface area (Å²) >= 11 is 1.57. The van der Waals surface area contributed by atoms with Crippen LogP contribution < -0.4 is 10.6 Å². The van der Waals surface area contributed by atoms with Crippen LogP contribution in [-0.2, 0) is 17.6 Å². The highest BCUT2D eigenvalue weighted by atomic mass is 32.1. The van der Waals surface area contributed by atoms with Crippen LogP contribution in [0, 0.1) is 25.2 Å². The van der Waals surface area contributed by atoms with E-state index < -0.39 is 0 Å². The normalized spacial score (nSPS) is 16.4. The van der Waals surface area contributed by atoms with Gasteiger partial charge in [-0.25, -0.2) is 0 Å². The smallest absolute Gasteiger partial charge is 0.261 e. The lowest BCUT2D eigenvalue weighted by atomic mass is 9.72. The number of anilines is 1. The first-order chi connectivity index (χ1) is 13.1. The Morgan fingerprint density at radius 2 is 1.86 bits per heavy atom. The van der Waals surface area contributed by atoms with E-state index in [1.165, 1.54) is 16.9 Å². The van der Waals surface area contributed by atoms with E-state index in [1.807, 2.05) is 38.1 Å². The van der Waals surface area contributed by atoms with Crippen molar-refractivity contribution in [1.29, 1.82) is 0 Å². The van der Waals surface area contributed by atoms with Crippen molar-refractivity contribution in [2.24, 2.45) is 11.3 Å². The number of hydrogen-bond acceptors (Lipinski definition) is 3. The summed E-state index contributed by atoms with van der Waals surface area (Å²) < 4.78 is 0. The number of para-hydroxylation sites is 1. The molecule has 0 spiro atoms. The lowest BCUT2D eigenvalue weighted by Crippen LogP contribution is -2.32. The number of nitrogens with one attached hydrogen (secondary N) is 2. The molecule has 0 saturated heterocycles. The van der Waals surface area contributed by atoms with E-state index in [0.717, 1.165) is 29.7 Å². The van der Waals surface area contributed by atoms with Crippen molar-refractivity contribution in [3.8, 4) is 0 Å². The molecule has 1 aliphatic carbocycles. The molecule has 5 heteroatoms. The third-order valence-corrected chi connectivity index (χ3v) is 6.92. The number of fused-ring (bicyclic) bond motifs is 1. The van der Waals surface area contributed by atoms with Crippen molar-refractivity contribution in [3.63, 3.8) is 0 Å². The Hall–Kier alpha value is -2.14. The van der Waals surface area contributed by atoms with E-state index in [2.05, 4.69) is 31.4 Å². The second-order valence-corrected chi connectivity index (χ2v) is 10.00. The van der Waals surface area contributed by atoms with Crippen molar-refractivity contribution < 1.29 is 9.59 Å². The largest absolute Gasteiger partial charge is 0.342 e. The molecule has 1 aliphatic rings. The van der Waals surface area contributed by atoms with E-state index in [9.17, 15) is 9.59 Å². The molecule has 1 atom stereocenters. The van der Waals surface area contributed by atoms with Gasteiger partial charge >= 0.3 is 0 Å². The number of rotatable bonds is 4. The predicted octanol–water partition coefficient (Wildman–Crippen LogP) is 4.88. The van der Waals surface area contributed by atoms with Crippen LogP contribution in [0.25, 0.3) is 0 Å². The first-order valence-electron chi connectivity index (χ1n) is 9.91. The van der Waals surface area contributed by atoms with Crippen molar-refractivity contribution in [3.05, 3.63) is 50.7 Å². The standard InChI is InChI=1S/C23H30N2O2S/c1-14-7-6-8-15(2)21(14)25-20(26)13-24-22(27)19-12-16-11-17(23(3,4)5)9-10-18(16)28-19/h6-8,12,17H,9-11,13H2,1-5H3,(H,24,27)(H,25,26). The number of carbonyl (C=O) groups excluding carboxylic acids is 2. The fourth-order valence-corrected chi connectivity index (χ4v) is 4.94. The van der Waals surface area contributed by atoms with E-state index in [4.69, 9.17) is 0 Å². The summed E-state index contributed by atoms with van der Waals surface area (Å²) in [4.78, 5) is 26.9. The molecule has 0 aliphatic heterocycles. The van der Waals surface area contributed by atoms with Crippen LogP contribution in [0.1, 0.15) is 58.4 Å². The average molecular weight is 399 g/mol. The minimum Gasteiger partial charge on any atom is -0.342 e. The molecule has 4 nitrogen and oxygen atoms in total. The number of amides is 2. The number of thiophene rings is 1. The zero-order valence-corrected chi connectivity index (χ0v) is 18.3. The summed E-state index contributed by atoms with van der Waals surface area (Å²) in [6.07, 6.45) is 3.26. The fraction of sp³-hybridized carbons (Fsp3) is 0.478. The molecular weight excluding hydrogens is 368 g/mol. The maximum Gasteiger partial charge on any atom is 0.261 e. The predicted molar refractivity (Wildman–Crippen MR) is 116 cm³/mol. The molecule has 0 radical (unpaired) electrons. The maximum atomic E-state index is 12.6. The fourth-order valence-electron chi connectivity index (χ4n) is 3.82. The minimum atomic E-state index is -0.208. The summed E-state index contributed by atoms with van der Waals surface area (Å²) in [5.41, 5.74) is 4.44. The van der Waals surface area contributed by atoms with Gasteiger partial charge < -0.3 is 10.6 Å². The van der Waals surface area contributed by atoms with Crippen molar-refractivity contribution in [2.45, 2.75) is 53.9 Å². The number of hydrogen-bond donors (Lipinski definition) is 2. The van der Waals surface area contributed by atoms with Crippen LogP contribution in [0.3, 0.4) is 0 Å². The lowest BCUT2D eigenvalue weighted by Gasteiger charge is -2.33. The van der Waals surface area contributed by atoms with Gasteiger partial charge in [-0.05, 0) is 67.2 Å². The zero-order valence-electron chi connectivity index (χ0n) is 17.4. The Labute approximate surface area is 171 Å². The average Bonchev–Trinajstić information content (AvgIpc) is 3.05. The van der Waals surface area contributed by atoms with Crippen LogP contribution in [0.15, 0.2) is 24.3 Å². The Bertz CT molecular complexity index is 872. The van der Waals surface area contributed by atoms with Gasteiger partial charge in [0, 0.05) is 10.6 Å².